The molecule has 4 heteroatoms. The highest BCUT2D eigenvalue weighted by molar-refractivity contribution is 5.75. The zero-order chi connectivity index (χ0) is 22.3. The van der Waals surface area contributed by atoms with Gasteiger partial charge in [0.2, 0.25) is 0 Å². The predicted molar refractivity (Wildman–Crippen MR) is 131 cm³/mol. The average molecular weight is 429 g/mol. The third-order valence-electron chi connectivity index (χ3n) is 5.76. The predicted octanol–water partition coefficient (Wildman–Crippen LogP) is 6.91. The van der Waals surface area contributed by atoms with E-state index < -0.39 is 0 Å². The molecule has 0 atom stereocenters. The van der Waals surface area contributed by atoms with Crippen LogP contribution in [-0.2, 0) is 13.2 Å². The molecule has 4 rings (SSSR count). The SMILES string of the molecule is Cc1ccccc1OCc1nc2ccccc2n1CCCCOc1ccccc1C(C)C. The molecule has 0 spiro atoms. The van der Waals surface area contributed by atoms with Crippen LogP contribution in [0.3, 0.4) is 0 Å². The molecule has 0 bridgehead atoms. The van der Waals surface area contributed by atoms with Gasteiger partial charge >= 0.3 is 0 Å². The minimum Gasteiger partial charge on any atom is -0.493 e. The second-order valence-electron chi connectivity index (χ2n) is 8.47. The molecule has 0 N–H and O–H groups in total. The van der Waals surface area contributed by atoms with E-state index in [0.717, 1.165) is 53.3 Å². The van der Waals surface area contributed by atoms with Gasteiger partial charge in [0.05, 0.1) is 17.6 Å². The van der Waals surface area contributed by atoms with Crippen molar-refractivity contribution in [1.82, 2.24) is 9.55 Å². The second kappa shape index (κ2) is 10.4. The van der Waals surface area contributed by atoms with Crippen LogP contribution >= 0.6 is 0 Å². The lowest BCUT2D eigenvalue weighted by molar-refractivity contribution is 0.283. The first-order valence-corrected chi connectivity index (χ1v) is 11.5. The van der Waals surface area contributed by atoms with Crippen LogP contribution in [0.1, 0.15) is 49.6 Å². The number of ether oxygens (including phenoxy) is 2. The molecule has 4 nitrogen and oxygen atoms in total. The van der Waals surface area contributed by atoms with Gasteiger partial charge in [0.1, 0.15) is 23.9 Å². The number of benzene rings is 3. The Kier molecular flexibility index (Phi) is 7.10. The van der Waals surface area contributed by atoms with E-state index in [1.807, 2.05) is 30.3 Å². The zero-order valence-corrected chi connectivity index (χ0v) is 19.3. The Labute approximate surface area is 190 Å². The molecule has 0 fully saturated rings. The van der Waals surface area contributed by atoms with E-state index >= 15 is 0 Å². The molecule has 4 aromatic rings. The summed E-state index contributed by atoms with van der Waals surface area (Å²) in [5, 5.41) is 0. The molecule has 0 unspecified atom stereocenters. The molecule has 0 amide bonds. The number of aryl methyl sites for hydroxylation is 2. The van der Waals surface area contributed by atoms with Crippen molar-refractivity contribution in [2.24, 2.45) is 0 Å². The van der Waals surface area contributed by atoms with E-state index in [1.165, 1.54) is 5.56 Å². The molecule has 1 heterocycles. The number of para-hydroxylation sites is 4. The van der Waals surface area contributed by atoms with Gasteiger partial charge in [-0.25, -0.2) is 4.98 Å². The van der Waals surface area contributed by atoms with Crippen molar-refractivity contribution in [2.45, 2.75) is 52.7 Å². The second-order valence-corrected chi connectivity index (χ2v) is 8.47. The lowest BCUT2D eigenvalue weighted by Gasteiger charge is -2.14. The van der Waals surface area contributed by atoms with Crippen molar-refractivity contribution in [3.63, 3.8) is 0 Å². The average Bonchev–Trinajstić information content (AvgIpc) is 3.16. The molecule has 32 heavy (non-hydrogen) atoms. The third-order valence-corrected chi connectivity index (χ3v) is 5.76. The summed E-state index contributed by atoms with van der Waals surface area (Å²) in [4.78, 5) is 4.84. The highest BCUT2D eigenvalue weighted by atomic mass is 16.5. The molecule has 3 aromatic carbocycles. The first-order chi connectivity index (χ1) is 15.6. The third kappa shape index (κ3) is 5.13. The standard InChI is InChI=1S/C28H32N2O2/c1-21(2)23-13-5-9-17-27(23)31-19-11-10-18-30-25-15-7-6-14-24(25)29-28(30)20-32-26-16-8-4-12-22(26)3/h4-9,12-17,21H,10-11,18-20H2,1-3H3. The normalized spacial score (nSPS) is 11.2. The molecular formula is C28H32N2O2. The summed E-state index contributed by atoms with van der Waals surface area (Å²) in [5.74, 6) is 3.33. The summed E-state index contributed by atoms with van der Waals surface area (Å²) in [5.41, 5.74) is 4.57. The lowest BCUT2D eigenvalue weighted by atomic mass is 10.0. The van der Waals surface area contributed by atoms with Crippen LogP contribution < -0.4 is 9.47 Å². The van der Waals surface area contributed by atoms with Gasteiger partial charge in [-0.15, -0.1) is 0 Å². The lowest BCUT2D eigenvalue weighted by Crippen LogP contribution is -2.09. The highest BCUT2D eigenvalue weighted by Gasteiger charge is 2.12. The van der Waals surface area contributed by atoms with Gasteiger partial charge in [0.25, 0.3) is 0 Å². The Morgan fingerprint density at radius 1 is 0.812 bits per heavy atom. The fourth-order valence-corrected chi connectivity index (χ4v) is 3.99. The Morgan fingerprint density at radius 3 is 2.34 bits per heavy atom. The van der Waals surface area contributed by atoms with Crippen LogP contribution in [0.2, 0.25) is 0 Å². The molecule has 0 aliphatic carbocycles. The molecule has 0 aliphatic rings. The summed E-state index contributed by atoms with van der Waals surface area (Å²) >= 11 is 0. The van der Waals surface area contributed by atoms with Crippen LogP contribution in [-0.4, -0.2) is 16.2 Å². The number of unbranched alkanes of at least 4 members (excludes halogenated alkanes) is 1. The van der Waals surface area contributed by atoms with E-state index in [1.54, 1.807) is 0 Å². The maximum absolute atomic E-state index is 6.11. The van der Waals surface area contributed by atoms with Gasteiger partial charge < -0.3 is 14.0 Å². The van der Waals surface area contributed by atoms with E-state index in [9.17, 15) is 0 Å². The summed E-state index contributed by atoms with van der Waals surface area (Å²) < 4.78 is 14.5. The van der Waals surface area contributed by atoms with Crippen molar-refractivity contribution in [3.8, 4) is 11.5 Å². The Bertz CT molecular complexity index is 1160. The molecular weight excluding hydrogens is 396 g/mol. The topological polar surface area (TPSA) is 36.3 Å². The quantitative estimate of drug-likeness (QED) is 0.258. The van der Waals surface area contributed by atoms with Crippen molar-refractivity contribution < 1.29 is 9.47 Å². The van der Waals surface area contributed by atoms with Gasteiger partial charge in [-0.1, -0.05) is 62.4 Å². The number of nitrogens with zero attached hydrogens (tertiary/aromatic N) is 2. The van der Waals surface area contributed by atoms with Crippen molar-refractivity contribution in [2.75, 3.05) is 6.61 Å². The first kappa shape index (κ1) is 21.9. The van der Waals surface area contributed by atoms with E-state index in [-0.39, 0.29) is 0 Å². The van der Waals surface area contributed by atoms with E-state index in [0.29, 0.717) is 19.1 Å². The van der Waals surface area contributed by atoms with Gasteiger partial charge in [0.15, 0.2) is 0 Å². The summed E-state index contributed by atoms with van der Waals surface area (Å²) in [6.07, 6.45) is 2.00. The number of rotatable bonds is 10. The molecule has 1 aromatic heterocycles. The molecule has 0 radical (unpaired) electrons. The largest absolute Gasteiger partial charge is 0.493 e. The molecule has 0 saturated heterocycles. The van der Waals surface area contributed by atoms with E-state index in [4.69, 9.17) is 14.5 Å². The number of fused-ring (bicyclic) bond motifs is 1. The minimum absolute atomic E-state index is 0.456. The minimum atomic E-state index is 0.456. The summed E-state index contributed by atoms with van der Waals surface area (Å²) in [7, 11) is 0. The monoisotopic (exact) mass is 428 g/mol. The Morgan fingerprint density at radius 2 is 1.53 bits per heavy atom. The van der Waals surface area contributed by atoms with Crippen molar-refractivity contribution >= 4 is 11.0 Å². The van der Waals surface area contributed by atoms with Crippen molar-refractivity contribution in [1.29, 1.82) is 0 Å². The maximum Gasteiger partial charge on any atom is 0.147 e. The number of aromatic nitrogens is 2. The number of hydrogen-bond acceptors (Lipinski definition) is 3. The smallest absolute Gasteiger partial charge is 0.147 e. The maximum atomic E-state index is 6.11. The van der Waals surface area contributed by atoms with Crippen LogP contribution in [0.5, 0.6) is 11.5 Å². The van der Waals surface area contributed by atoms with E-state index in [2.05, 4.69) is 67.8 Å². The summed E-state index contributed by atoms with van der Waals surface area (Å²) in [6.45, 7) is 8.53. The Balaban J connectivity index is 1.39. The van der Waals surface area contributed by atoms with Crippen LogP contribution in [0.25, 0.3) is 11.0 Å². The Hall–Kier alpha value is -3.27. The molecule has 0 saturated carbocycles. The van der Waals surface area contributed by atoms with Gasteiger partial charge in [0, 0.05) is 6.54 Å². The number of hydrogen-bond donors (Lipinski definition) is 0. The van der Waals surface area contributed by atoms with Crippen LogP contribution in [0.4, 0.5) is 0 Å². The fraction of sp³-hybridized carbons (Fsp3) is 0.321. The highest BCUT2D eigenvalue weighted by Crippen LogP contribution is 2.26. The molecule has 0 aliphatic heterocycles. The van der Waals surface area contributed by atoms with Crippen LogP contribution in [0.15, 0.2) is 72.8 Å². The zero-order valence-electron chi connectivity index (χ0n) is 19.3. The van der Waals surface area contributed by atoms with Gasteiger partial charge in [-0.3, -0.25) is 0 Å². The number of imidazole rings is 1. The summed E-state index contributed by atoms with van der Waals surface area (Å²) in [6, 6.07) is 24.7. The first-order valence-electron chi connectivity index (χ1n) is 11.5. The van der Waals surface area contributed by atoms with Crippen molar-refractivity contribution in [3.05, 3.63) is 89.7 Å². The van der Waals surface area contributed by atoms with Gasteiger partial charge in [-0.2, -0.15) is 0 Å². The fourth-order valence-electron chi connectivity index (χ4n) is 3.99. The van der Waals surface area contributed by atoms with Gasteiger partial charge in [-0.05, 0) is 61.1 Å². The molecule has 166 valence electrons. The van der Waals surface area contributed by atoms with Crippen LogP contribution in [0, 0.1) is 6.92 Å².